The van der Waals surface area contributed by atoms with Crippen LogP contribution in [0.25, 0.3) is 0 Å². The van der Waals surface area contributed by atoms with Gasteiger partial charge in [0, 0.05) is 31.4 Å². The number of hydrogen-bond donors (Lipinski definition) is 0. The molecule has 2 aromatic rings. The standard InChI is InChI=1S/C20H24FN3O3/c1-13-3-4-18(22-12-13)27-15-5-7-24(8-6-15)14(2)19-16(21)11-17-20(23-19)26-10-9-25-17/h3-4,11-12,14-15H,5-10H2,1-2H3. The molecule has 27 heavy (non-hydrogen) atoms. The van der Waals surface area contributed by atoms with Crippen LogP contribution in [-0.4, -0.2) is 47.3 Å². The first-order valence-electron chi connectivity index (χ1n) is 9.39. The van der Waals surface area contributed by atoms with E-state index in [-0.39, 0.29) is 18.0 Å². The molecular formula is C20H24FN3O3. The Labute approximate surface area is 158 Å². The summed E-state index contributed by atoms with van der Waals surface area (Å²) >= 11 is 0. The van der Waals surface area contributed by atoms with Crippen LogP contribution in [0.3, 0.4) is 0 Å². The highest BCUT2D eigenvalue weighted by atomic mass is 19.1. The Morgan fingerprint density at radius 1 is 1.22 bits per heavy atom. The maximum absolute atomic E-state index is 14.5. The fraction of sp³-hybridized carbons (Fsp3) is 0.500. The summed E-state index contributed by atoms with van der Waals surface area (Å²) in [4.78, 5) is 10.9. The molecule has 0 spiro atoms. The molecule has 0 aromatic carbocycles. The average molecular weight is 373 g/mol. The minimum Gasteiger partial charge on any atom is -0.484 e. The number of nitrogens with zero attached hydrogens (tertiary/aromatic N) is 3. The van der Waals surface area contributed by atoms with Gasteiger partial charge in [-0.25, -0.2) is 14.4 Å². The maximum Gasteiger partial charge on any atom is 0.257 e. The topological polar surface area (TPSA) is 56.7 Å². The van der Waals surface area contributed by atoms with E-state index < -0.39 is 0 Å². The molecule has 6 nitrogen and oxygen atoms in total. The molecule has 0 amide bonds. The Morgan fingerprint density at radius 2 is 2.00 bits per heavy atom. The summed E-state index contributed by atoms with van der Waals surface area (Å²) in [6.07, 6.45) is 3.67. The molecule has 2 aliphatic rings. The summed E-state index contributed by atoms with van der Waals surface area (Å²) in [5.74, 6) is 1.07. The van der Waals surface area contributed by atoms with Crippen LogP contribution in [0.5, 0.6) is 17.5 Å². The van der Waals surface area contributed by atoms with Crippen molar-refractivity contribution in [2.45, 2.75) is 38.8 Å². The molecule has 2 aliphatic heterocycles. The molecule has 7 heteroatoms. The fourth-order valence-corrected chi connectivity index (χ4v) is 3.51. The fourth-order valence-electron chi connectivity index (χ4n) is 3.51. The smallest absolute Gasteiger partial charge is 0.257 e. The van der Waals surface area contributed by atoms with Crippen LogP contribution < -0.4 is 14.2 Å². The molecule has 0 saturated carbocycles. The number of likely N-dealkylation sites (tertiary alicyclic amines) is 1. The van der Waals surface area contributed by atoms with Crippen LogP contribution in [0, 0.1) is 12.7 Å². The largest absolute Gasteiger partial charge is 0.484 e. The Morgan fingerprint density at radius 3 is 2.74 bits per heavy atom. The van der Waals surface area contributed by atoms with Gasteiger partial charge in [0.25, 0.3) is 5.88 Å². The van der Waals surface area contributed by atoms with Crippen molar-refractivity contribution in [1.29, 1.82) is 0 Å². The number of aryl methyl sites for hydroxylation is 1. The first kappa shape index (κ1) is 18.0. The Balaban J connectivity index is 1.38. The van der Waals surface area contributed by atoms with Gasteiger partial charge in [-0.2, -0.15) is 0 Å². The summed E-state index contributed by atoms with van der Waals surface area (Å²) in [5.41, 5.74) is 1.51. The van der Waals surface area contributed by atoms with Gasteiger partial charge < -0.3 is 14.2 Å². The molecule has 1 saturated heterocycles. The molecule has 0 radical (unpaired) electrons. The molecule has 4 rings (SSSR count). The molecule has 0 aliphatic carbocycles. The van der Waals surface area contributed by atoms with Crippen LogP contribution >= 0.6 is 0 Å². The minimum absolute atomic E-state index is 0.127. The molecule has 2 aromatic heterocycles. The molecular weight excluding hydrogens is 349 g/mol. The Bertz CT molecular complexity index is 792. The zero-order valence-corrected chi connectivity index (χ0v) is 15.7. The predicted molar refractivity (Wildman–Crippen MR) is 97.8 cm³/mol. The highest BCUT2D eigenvalue weighted by Crippen LogP contribution is 2.34. The van der Waals surface area contributed by atoms with E-state index in [2.05, 4.69) is 14.9 Å². The first-order chi connectivity index (χ1) is 13.1. The quantitative estimate of drug-likeness (QED) is 0.820. The van der Waals surface area contributed by atoms with Gasteiger partial charge >= 0.3 is 0 Å². The summed E-state index contributed by atoms with van der Waals surface area (Å²) in [7, 11) is 0. The molecule has 1 atom stereocenters. The minimum atomic E-state index is -0.353. The summed E-state index contributed by atoms with van der Waals surface area (Å²) < 4.78 is 31.4. The van der Waals surface area contributed by atoms with Gasteiger partial charge in [0.2, 0.25) is 5.88 Å². The van der Waals surface area contributed by atoms with E-state index in [9.17, 15) is 4.39 Å². The Hall–Kier alpha value is -2.41. The third-order valence-corrected chi connectivity index (χ3v) is 5.11. The van der Waals surface area contributed by atoms with Crippen molar-refractivity contribution in [1.82, 2.24) is 14.9 Å². The van der Waals surface area contributed by atoms with Gasteiger partial charge in [0.15, 0.2) is 5.75 Å². The van der Waals surface area contributed by atoms with Crippen molar-refractivity contribution in [2.75, 3.05) is 26.3 Å². The second-order valence-electron chi connectivity index (χ2n) is 7.06. The first-order valence-corrected chi connectivity index (χ1v) is 9.39. The second-order valence-corrected chi connectivity index (χ2v) is 7.06. The van der Waals surface area contributed by atoms with E-state index >= 15 is 0 Å². The van der Waals surface area contributed by atoms with E-state index in [0.29, 0.717) is 36.4 Å². The molecule has 4 heterocycles. The van der Waals surface area contributed by atoms with Gasteiger partial charge in [0.1, 0.15) is 25.1 Å². The Kier molecular flexibility index (Phi) is 5.11. The second kappa shape index (κ2) is 7.68. The van der Waals surface area contributed by atoms with Gasteiger partial charge in [-0.3, -0.25) is 4.90 Å². The highest BCUT2D eigenvalue weighted by molar-refractivity contribution is 5.37. The van der Waals surface area contributed by atoms with E-state index in [1.807, 2.05) is 32.2 Å². The molecule has 1 unspecified atom stereocenters. The van der Waals surface area contributed by atoms with Crippen LogP contribution in [0.1, 0.15) is 37.1 Å². The molecule has 144 valence electrons. The van der Waals surface area contributed by atoms with Crippen molar-refractivity contribution in [3.63, 3.8) is 0 Å². The van der Waals surface area contributed by atoms with Crippen molar-refractivity contribution in [2.24, 2.45) is 0 Å². The van der Waals surface area contributed by atoms with Crippen LogP contribution in [0.2, 0.25) is 0 Å². The van der Waals surface area contributed by atoms with Gasteiger partial charge in [-0.1, -0.05) is 6.07 Å². The summed E-state index contributed by atoms with van der Waals surface area (Å²) in [6, 6.07) is 5.14. The summed E-state index contributed by atoms with van der Waals surface area (Å²) in [6.45, 7) is 6.47. The number of pyridine rings is 2. The molecule has 1 fully saturated rings. The number of fused-ring (bicyclic) bond motifs is 1. The third kappa shape index (κ3) is 3.98. The average Bonchev–Trinajstić information content (AvgIpc) is 2.69. The normalized spacial score (nSPS) is 18.9. The van der Waals surface area contributed by atoms with E-state index in [4.69, 9.17) is 14.2 Å². The van der Waals surface area contributed by atoms with E-state index in [1.165, 1.54) is 6.07 Å². The summed E-state index contributed by atoms with van der Waals surface area (Å²) in [5, 5.41) is 0. The van der Waals surface area contributed by atoms with Gasteiger partial charge in [-0.05, 0) is 32.3 Å². The van der Waals surface area contributed by atoms with Crippen molar-refractivity contribution >= 4 is 0 Å². The lowest BCUT2D eigenvalue weighted by Crippen LogP contribution is -2.40. The van der Waals surface area contributed by atoms with Crippen molar-refractivity contribution in [3.8, 4) is 17.5 Å². The number of halogens is 1. The molecule has 0 N–H and O–H groups in total. The number of piperidine rings is 1. The zero-order chi connectivity index (χ0) is 18.8. The zero-order valence-electron chi connectivity index (χ0n) is 15.7. The third-order valence-electron chi connectivity index (χ3n) is 5.11. The van der Waals surface area contributed by atoms with Crippen LogP contribution in [0.15, 0.2) is 24.4 Å². The SMILES string of the molecule is Cc1ccc(OC2CCN(C(C)c3nc4c(cc3F)OCCO4)CC2)nc1. The number of hydrogen-bond acceptors (Lipinski definition) is 6. The van der Waals surface area contributed by atoms with Crippen LogP contribution in [0.4, 0.5) is 4.39 Å². The monoisotopic (exact) mass is 373 g/mol. The van der Waals surface area contributed by atoms with Crippen molar-refractivity contribution < 1.29 is 18.6 Å². The highest BCUT2D eigenvalue weighted by Gasteiger charge is 2.28. The lowest BCUT2D eigenvalue weighted by atomic mass is 10.0. The molecule has 0 bridgehead atoms. The van der Waals surface area contributed by atoms with Gasteiger partial charge in [-0.15, -0.1) is 0 Å². The number of ether oxygens (including phenoxy) is 3. The number of aromatic nitrogens is 2. The lowest BCUT2D eigenvalue weighted by Gasteiger charge is -2.35. The van der Waals surface area contributed by atoms with Crippen LogP contribution in [-0.2, 0) is 0 Å². The predicted octanol–water partition coefficient (Wildman–Crippen LogP) is 3.30. The van der Waals surface area contributed by atoms with Gasteiger partial charge in [0.05, 0.1) is 11.7 Å². The number of rotatable bonds is 4. The maximum atomic E-state index is 14.5. The van der Waals surface area contributed by atoms with Crippen molar-refractivity contribution in [3.05, 3.63) is 41.5 Å². The lowest BCUT2D eigenvalue weighted by molar-refractivity contribution is 0.0741. The van der Waals surface area contributed by atoms with E-state index in [1.54, 1.807) is 0 Å². The van der Waals surface area contributed by atoms with E-state index in [0.717, 1.165) is 31.5 Å².